The smallest absolute Gasteiger partial charge is 0.223 e. The van der Waals surface area contributed by atoms with E-state index in [9.17, 15) is 31.6 Å². The van der Waals surface area contributed by atoms with Crippen LogP contribution in [0.25, 0.3) is 0 Å². The van der Waals surface area contributed by atoms with Crippen molar-refractivity contribution >= 4 is 17.6 Å². The molecule has 1 spiro atoms. The summed E-state index contributed by atoms with van der Waals surface area (Å²) in [5.74, 6) is 0.576. The van der Waals surface area contributed by atoms with Gasteiger partial charge in [-0.25, -0.2) is 4.99 Å². The van der Waals surface area contributed by atoms with Gasteiger partial charge in [0.2, 0.25) is 0 Å². The minimum Gasteiger partial charge on any atom is -0.223 e. The van der Waals surface area contributed by atoms with Crippen LogP contribution in [0.2, 0.25) is 0 Å². The van der Waals surface area contributed by atoms with Crippen LogP contribution in [0.15, 0.2) is 34.8 Å². The first-order valence-electron chi connectivity index (χ1n) is 8.73. The van der Waals surface area contributed by atoms with E-state index in [2.05, 4.69) is 4.99 Å². The summed E-state index contributed by atoms with van der Waals surface area (Å²) in [5.41, 5.74) is -6.05. The molecule has 0 fully saturated rings. The molecule has 1 aromatic rings. The largest absolute Gasteiger partial charge is 0.423 e. The minimum atomic E-state index is -5.44. The van der Waals surface area contributed by atoms with Gasteiger partial charge in [0.25, 0.3) is 0 Å². The normalized spacial score (nSPS) is 27.1. The molecule has 1 aliphatic carbocycles. The van der Waals surface area contributed by atoms with Gasteiger partial charge in [0.15, 0.2) is 5.41 Å². The molecule has 0 saturated carbocycles. The number of benzene rings is 1. The van der Waals surface area contributed by atoms with Crippen LogP contribution in [-0.4, -0.2) is 28.8 Å². The van der Waals surface area contributed by atoms with Crippen molar-refractivity contribution in [2.75, 3.05) is 5.75 Å². The summed E-state index contributed by atoms with van der Waals surface area (Å²) in [6.07, 6.45) is -10.8. The molecule has 1 atom stereocenters. The third kappa shape index (κ3) is 2.62. The molecule has 156 valence electrons. The molecule has 2 aliphatic rings. The number of rotatable bonds is 0. The third-order valence-corrected chi connectivity index (χ3v) is 8.28. The number of nitrogens with zero attached hydrogens (tertiary/aromatic N) is 2. The average Bonchev–Trinajstić information content (AvgIpc) is 2.75. The average molecular weight is 432 g/mol. The van der Waals surface area contributed by atoms with E-state index in [-0.39, 0.29) is 0 Å². The Bertz CT molecular complexity index is 925. The number of aliphatic imine (C=N–C) groups is 1. The standard InChI is InChI=1S/C20H18F6N2S/c1-15(2)12-7-5-6-8-13(12)16(3,4)19(15)28-9-14(18(21,22)23)17(10-27,11-29-19)20(24,25)26/h5-8H,11H2,1-4H3. The number of allylic oxidation sites excluding steroid dienone is 1. The Morgan fingerprint density at radius 3 is 1.86 bits per heavy atom. The van der Waals surface area contributed by atoms with Crippen molar-refractivity contribution in [1.29, 1.82) is 5.26 Å². The van der Waals surface area contributed by atoms with Gasteiger partial charge < -0.3 is 0 Å². The first kappa shape index (κ1) is 21.8. The molecule has 0 aromatic heterocycles. The van der Waals surface area contributed by atoms with Gasteiger partial charge in [0, 0.05) is 16.6 Å². The van der Waals surface area contributed by atoms with Crippen LogP contribution in [0.4, 0.5) is 26.3 Å². The Hall–Kier alpha value is -1.91. The maximum atomic E-state index is 13.8. The summed E-state index contributed by atoms with van der Waals surface area (Å²) in [6.45, 7) is 7.00. The molecule has 0 amide bonds. The highest BCUT2D eigenvalue weighted by Gasteiger charge is 2.70. The van der Waals surface area contributed by atoms with E-state index in [1.165, 1.54) is 0 Å². The summed E-state index contributed by atoms with van der Waals surface area (Å²) < 4.78 is 82.4. The predicted molar refractivity (Wildman–Crippen MR) is 98.8 cm³/mol. The van der Waals surface area contributed by atoms with Crippen LogP contribution in [0, 0.1) is 16.7 Å². The van der Waals surface area contributed by atoms with Crippen LogP contribution in [0.3, 0.4) is 0 Å². The number of nitriles is 1. The van der Waals surface area contributed by atoms with E-state index in [1.807, 2.05) is 12.1 Å². The monoisotopic (exact) mass is 432 g/mol. The molecule has 1 aromatic carbocycles. The fourth-order valence-corrected chi connectivity index (χ4v) is 6.44. The second-order valence-corrected chi connectivity index (χ2v) is 9.51. The van der Waals surface area contributed by atoms with Crippen molar-refractivity contribution < 1.29 is 26.3 Å². The van der Waals surface area contributed by atoms with Crippen molar-refractivity contribution in [3.8, 4) is 6.07 Å². The molecule has 3 rings (SSSR count). The highest BCUT2D eigenvalue weighted by molar-refractivity contribution is 8.00. The van der Waals surface area contributed by atoms with Gasteiger partial charge >= 0.3 is 12.4 Å². The fraction of sp³-hybridized carbons (Fsp3) is 0.550. The second-order valence-electron chi connectivity index (χ2n) is 8.34. The van der Waals surface area contributed by atoms with Gasteiger partial charge in [0.05, 0.1) is 6.07 Å². The van der Waals surface area contributed by atoms with Crippen molar-refractivity contribution in [3.63, 3.8) is 0 Å². The summed E-state index contributed by atoms with van der Waals surface area (Å²) in [7, 11) is 0. The number of thioether (sulfide) groups is 1. The molecule has 0 saturated heterocycles. The van der Waals surface area contributed by atoms with E-state index in [4.69, 9.17) is 0 Å². The number of halogens is 6. The van der Waals surface area contributed by atoms with Crippen molar-refractivity contribution in [1.82, 2.24) is 0 Å². The zero-order valence-corrected chi connectivity index (χ0v) is 16.9. The van der Waals surface area contributed by atoms with E-state index in [1.54, 1.807) is 45.7 Å². The van der Waals surface area contributed by atoms with Crippen LogP contribution >= 0.6 is 11.8 Å². The van der Waals surface area contributed by atoms with Gasteiger partial charge in [-0.2, -0.15) is 31.6 Å². The van der Waals surface area contributed by atoms with Gasteiger partial charge in [-0.15, -0.1) is 11.8 Å². The van der Waals surface area contributed by atoms with Crippen molar-refractivity contribution in [2.24, 2.45) is 10.4 Å². The summed E-state index contributed by atoms with van der Waals surface area (Å²) in [4.78, 5) is 2.67. The first-order chi connectivity index (χ1) is 13.1. The molecule has 2 nitrogen and oxygen atoms in total. The molecule has 1 aliphatic heterocycles. The Balaban J connectivity index is 2.35. The lowest BCUT2D eigenvalue weighted by atomic mass is 9.75. The highest BCUT2D eigenvalue weighted by Crippen LogP contribution is 2.65. The fourth-order valence-electron chi connectivity index (χ4n) is 4.59. The second kappa shape index (κ2) is 6.05. The lowest BCUT2D eigenvalue weighted by Gasteiger charge is -2.45. The zero-order chi connectivity index (χ0) is 22.1. The molecule has 0 N–H and O–H groups in total. The van der Waals surface area contributed by atoms with Crippen LogP contribution in [0.1, 0.15) is 38.8 Å². The minimum absolute atomic E-state index is 0.650. The number of hydrogen-bond donors (Lipinski definition) is 0. The van der Waals surface area contributed by atoms with E-state index in [0.717, 1.165) is 17.2 Å². The Kier molecular flexibility index (Phi) is 4.55. The summed E-state index contributed by atoms with van der Waals surface area (Å²) >= 11 is 0.650. The summed E-state index contributed by atoms with van der Waals surface area (Å²) in [6, 6.07) is 8.07. The van der Waals surface area contributed by atoms with Crippen molar-refractivity contribution in [2.45, 2.75) is 55.7 Å². The predicted octanol–water partition coefficient (Wildman–Crippen LogP) is 5.93. The Labute approximate surface area is 168 Å². The van der Waals surface area contributed by atoms with Crippen LogP contribution < -0.4 is 0 Å². The van der Waals surface area contributed by atoms with Crippen LogP contribution in [-0.2, 0) is 10.8 Å². The quantitative estimate of drug-likeness (QED) is 0.477. The van der Waals surface area contributed by atoms with Crippen LogP contribution in [0.5, 0.6) is 0 Å². The lowest BCUT2D eigenvalue weighted by Crippen LogP contribution is -2.51. The maximum Gasteiger partial charge on any atom is 0.423 e. The number of fused-ring (bicyclic) bond motifs is 1. The molecule has 0 bridgehead atoms. The van der Waals surface area contributed by atoms with Crippen molar-refractivity contribution in [3.05, 3.63) is 41.0 Å². The highest BCUT2D eigenvalue weighted by atomic mass is 32.2. The first-order valence-corrected chi connectivity index (χ1v) is 9.71. The molecule has 9 heteroatoms. The zero-order valence-electron chi connectivity index (χ0n) is 16.1. The molecule has 29 heavy (non-hydrogen) atoms. The van der Waals surface area contributed by atoms with Gasteiger partial charge in [-0.1, -0.05) is 52.0 Å². The Morgan fingerprint density at radius 1 is 1.00 bits per heavy atom. The maximum absolute atomic E-state index is 13.8. The molecular formula is C20H18F6N2S. The van der Waals surface area contributed by atoms with Gasteiger partial charge in [0.1, 0.15) is 10.4 Å². The van der Waals surface area contributed by atoms with E-state index in [0.29, 0.717) is 11.8 Å². The molecule has 1 heterocycles. The van der Waals surface area contributed by atoms with Gasteiger partial charge in [-0.3, -0.25) is 0 Å². The topological polar surface area (TPSA) is 36.1 Å². The lowest BCUT2D eigenvalue weighted by molar-refractivity contribution is -0.202. The molecule has 0 radical (unpaired) electrons. The SMILES string of the molecule is CC1(C)c2ccccc2C(C)(C)C12N=C=C(C(F)(F)F)C(C#N)(C(F)(F)F)CS2. The number of hydrogen-bond acceptors (Lipinski definition) is 3. The summed E-state index contributed by atoms with van der Waals surface area (Å²) in [5, 5.41) is 9.32. The van der Waals surface area contributed by atoms with E-state index >= 15 is 0 Å². The molecule has 1 unspecified atom stereocenters. The van der Waals surface area contributed by atoms with E-state index < -0.39 is 44.8 Å². The Morgan fingerprint density at radius 2 is 1.48 bits per heavy atom. The number of alkyl halides is 6. The van der Waals surface area contributed by atoms with Gasteiger partial charge in [-0.05, 0) is 17.0 Å². The third-order valence-electron chi connectivity index (χ3n) is 6.18. The molecular weight excluding hydrogens is 414 g/mol.